The molecule has 0 saturated heterocycles. The van der Waals surface area contributed by atoms with E-state index in [-0.39, 0.29) is 23.9 Å². The maximum Gasteiger partial charge on any atom is 0.315 e. The Morgan fingerprint density at radius 1 is 1.03 bits per heavy atom. The van der Waals surface area contributed by atoms with Crippen molar-refractivity contribution in [3.8, 4) is 11.5 Å². The predicted octanol–water partition coefficient (Wildman–Crippen LogP) is 3.66. The SMILES string of the molecule is O=C(CCNC(=O)NC12CC3CC(CC(C3)C1)C2)Nc1nc2cc3c(cc2s1)OCCO3. The number of thiazole rings is 1. The molecule has 4 bridgehead atoms. The summed E-state index contributed by atoms with van der Waals surface area (Å²) in [6.07, 6.45) is 7.58. The van der Waals surface area contributed by atoms with Gasteiger partial charge in [0.25, 0.3) is 0 Å². The van der Waals surface area contributed by atoms with Crippen LogP contribution in [0.25, 0.3) is 10.2 Å². The minimum Gasteiger partial charge on any atom is -0.486 e. The molecule has 170 valence electrons. The van der Waals surface area contributed by atoms with Gasteiger partial charge in [-0.1, -0.05) is 11.3 Å². The Bertz CT molecular complexity index is 989. The number of nitrogens with zero attached hydrogens (tertiary/aromatic N) is 1. The molecule has 0 spiro atoms. The first-order valence-electron chi connectivity index (χ1n) is 11.6. The number of urea groups is 1. The average molecular weight is 457 g/mol. The molecule has 7 rings (SSSR count). The molecule has 1 aromatic carbocycles. The number of hydrogen-bond acceptors (Lipinski definition) is 6. The summed E-state index contributed by atoms with van der Waals surface area (Å²) in [7, 11) is 0. The van der Waals surface area contributed by atoms with Gasteiger partial charge < -0.3 is 25.4 Å². The first kappa shape index (κ1) is 20.1. The Hall–Kier alpha value is -2.55. The molecule has 1 aromatic heterocycles. The van der Waals surface area contributed by atoms with E-state index < -0.39 is 0 Å². The molecule has 0 unspecified atom stereocenters. The van der Waals surface area contributed by atoms with Crippen molar-refractivity contribution in [2.45, 2.75) is 50.5 Å². The van der Waals surface area contributed by atoms with E-state index in [9.17, 15) is 9.59 Å². The predicted molar refractivity (Wildman–Crippen MR) is 121 cm³/mol. The van der Waals surface area contributed by atoms with E-state index in [1.54, 1.807) is 0 Å². The van der Waals surface area contributed by atoms with E-state index in [4.69, 9.17) is 9.47 Å². The molecule has 2 aromatic rings. The Morgan fingerprint density at radius 3 is 2.38 bits per heavy atom. The van der Waals surface area contributed by atoms with Crippen LogP contribution in [0.3, 0.4) is 0 Å². The summed E-state index contributed by atoms with van der Waals surface area (Å²) in [6, 6.07) is 3.59. The maximum atomic E-state index is 12.5. The fourth-order valence-corrected chi connectivity index (χ4v) is 7.43. The van der Waals surface area contributed by atoms with Gasteiger partial charge in [-0.2, -0.15) is 0 Å². The summed E-state index contributed by atoms with van der Waals surface area (Å²) in [5.41, 5.74) is 0.747. The van der Waals surface area contributed by atoms with Gasteiger partial charge in [-0.25, -0.2) is 9.78 Å². The number of fused-ring (bicyclic) bond motifs is 2. The van der Waals surface area contributed by atoms with Crippen LogP contribution in [0.4, 0.5) is 9.93 Å². The molecular formula is C23H28N4O4S. The molecule has 0 radical (unpaired) electrons. The normalized spacial score (nSPS) is 29.7. The molecule has 9 heteroatoms. The molecule has 32 heavy (non-hydrogen) atoms. The Morgan fingerprint density at radius 2 is 1.69 bits per heavy atom. The van der Waals surface area contributed by atoms with Gasteiger partial charge in [-0.3, -0.25) is 4.79 Å². The fourth-order valence-electron chi connectivity index (χ4n) is 6.54. The van der Waals surface area contributed by atoms with E-state index in [0.29, 0.717) is 36.4 Å². The van der Waals surface area contributed by atoms with Crippen LogP contribution in [0.5, 0.6) is 11.5 Å². The van der Waals surface area contributed by atoms with E-state index >= 15 is 0 Å². The summed E-state index contributed by atoms with van der Waals surface area (Å²) in [4.78, 5) is 29.4. The van der Waals surface area contributed by atoms with Gasteiger partial charge in [0.05, 0.1) is 10.2 Å². The monoisotopic (exact) mass is 456 g/mol. The first-order valence-corrected chi connectivity index (χ1v) is 12.4. The lowest BCUT2D eigenvalue weighted by Gasteiger charge is -2.56. The zero-order chi connectivity index (χ0) is 21.7. The third-order valence-electron chi connectivity index (χ3n) is 7.35. The van der Waals surface area contributed by atoms with Crippen LogP contribution < -0.4 is 25.4 Å². The van der Waals surface area contributed by atoms with E-state index in [1.807, 2.05) is 12.1 Å². The molecule has 4 fully saturated rings. The number of ether oxygens (including phenoxy) is 2. The molecule has 1 aliphatic heterocycles. The van der Waals surface area contributed by atoms with Gasteiger partial charge in [0.15, 0.2) is 16.6 Å². The summed E-state index contributed by atoms with van der Waals surface area (Å²) in [5.74, 6) is 3.57. The van der Waals surface area contributed by atoms with Crippen LogP contribution in [0.15, 0.2) is 12.1 Å². The van der Waals surface area contributed by atoms with Crippen molar-refractivity contribution in [2.75, 3.05) is 25.1 Å². The molecule has 5 aliphatic rings. The number of hydrogen-bond donors (Lipinski definition) is 3. The molecule has 8 nitrogen and oxygen atoms in total. The van der Waals surface area contributed by atoms with Crippen LogP contribution in [0, 0.1) is 17.8 Å². The lowest BCUT2D eigenvalue weighted by Crippen LogP contribution is -2.61. The number of anilines is 1. The number of rotatable bonds is 5. The maximum absolute atomic E-state index is 12.5. The number of nitrogens with one attached hydrogen (secondary N) is 3. The summed E-state index contributed by atoms with van der Waals surface area (Å²) in [5, 5.41) is 9.52. The fraction of sp³-hybridized carbons (Fsp3) is 0.609. The van der Waals surface area contributed by atoms with Crippen LogP contribution in [0.1, 0.15) is 44.9 Å². The number of carbonyl (C=O) groups excluding carboxylic acids is 2. The molecule has 0 atom stereocenters. The molecule has 4 aliphatic carbocycles. The molecule has 3 N–H and O–H groups in total. The van der Waals surface area contributed by atoms with Crippen molar-refractivity contribution in [1.29, 1.82) is 0 Å². The highest BCUT2D eigenvalue weighted by Gasteiger charge is 2.51. The Balaban J connectivity index is 0.999. The van der Waals surface area contributed by atoms with Crippen molar-refractivity contribution >= 4 is 38.6 Å². The number of benzene rings is 1. The highest BCUT2D eigenvalue weighted by Crippen LogP contribution is 2.55. The van der Waals surface area contributed by atoms with Crippen LogP contribution in [-0.2, 0) is 4.79 Å². The first-order chi connectivity index (χ1) is 15.5. The van der Waals surface area contributed by atoms with Gasteiger partial charge in [0, 0.05) is 30.6 Å². The summed E-state index contributed by atoms with van der Waals surface area (Å²) in [6.45, 7) is 1.35. The Labute approximate surface area is 190 Å². The molecule has 2 heterocycles. The van der Waals surface area contributed by atoms with Crippen molar-refractivity contribution in [3.63, 3.8) is 0 Å². The van der Waals surface area contributed by atoms with Crippen LogP contribution >= 0.6 is 11.3 Å². The average Bonchev–Trinajstić information content (AvgIpc) is 3.11. The lowest BCUT2D eigenvalue weighted by molar-refractivity contribution is -0.116. The van der Waals surface area contributed by atoms with E-state index in [2.05, 4.69) is 20.9 Å². The zero-order valence-corrected chi connectivity index (χ0v) is 18.8. The molecule has 3 amide bonds. The van der Waals surface area contributed by atoms with Crippen molar-refractivity contribution in [1.82, 2.24) is 15.6 Å². The number of carbonyl (C=O) groups is 2. The largest absolute Gasteiger partial charge is 0.486 e. The lowest BCUT2D eigenvalue weighted by atomic mass is 9.53. The smallest absolute Gasteiger partial charge is 0.315 e. The third-order valence-corrected chi connectivity index (χ3v) is 8.29. The second kappa shape index (κ2) is 7.79. The molecular weight excluding hydrogens is 428 g/mol. The minimum atomic E-state index is -0.170. The van der Waals surface area contributed by atoms with Crippen molar-refractivity contribution in [3.05, 3.63) is 12.1 Å². The van der Waals surface area contributed by atoms with E-state index in [1.165, 1.54) is 30.6 Å². The van der Waals surface area contributed by atoms with Crippen LogP contribution in [0.2, 0.25) is 0 Å². The number of aromatic nitrogens is 1. The minimum absolute atomic E-state index is 0.0192. The second-order valence-corrected chi connectivity index (χ2v) is 10.9. The van der Waals surface area contributed by atoms with E-state index in [0.717, 1.165) is 47.2 Å². The molecule has 4 saturated carbocycles. The van der Waals surface area contributed by atoms with Crippen molar-refractivity contribution < 1.29 is 19.1 Å². The third kappa shape index (κ3) is 3.87. The van der Waals surface area contributed by atoms with Crippen LogP contribution in [-0.4, -0.2) is 42.2 Å². The standard InChI is InChI=1S/C23H28N4O4S/c28-20(26-22-25-16-8-17-18(9-19(16)32-22)31-4-3-30-17)1-2-24-21(29)27-23-10-13-5-14(11-23)7-15(6-13)12-23/h8-9,13-15H,1-7,10-12H2,(H2,24,27,29)(H,25,26,28). The zero-order valence-electron chi connectivity index (χ0n) is 17.9. The van der Waals surface area contributed by atoms with Gasteiger partial charge in [-0.15, -0.1) is 0 Å². The van der Waals surface area contributed by atoms with Gasteiger partial charge in [0.2, 0.25) is 5.91 Å². The number of amides is 3. The van der Waals surface area contributed by atoms with Gasteiger partial charge >= 0.3 is 6.03 Å². The topological polar surface area (TPSA) is 102 Å². The highest BCUT2D eigenvalue weighted by molar-refractivity contribution is 7.22. The van der Waals surface area contributed by atoms with Gasteiger partial charge in [-0.05, 0) is 56.3 Å². The highest BCUT2D eigenvalue weighted by atomic mass is 32.1. The summed E-state index contributed by atoms with van der Waals surface area (Å²) < 4.78 is 12.1. The summed E-state index contributed by atoms with van der Waals surface area (Å²) >= 11 is 1.40. The van der Waals surface area contributed by atoms with Crippen molar-refractivity contribution in [2.24, 2.45) is 17.8 Å². The van der Waals surface area contributed by atoms with Gasteiger partial charge in [0.1, 0.15) is 13.2 Å². The second-order valence-electron chi connectivity index (χ2n) is 9.86. The quantitative estimate of drug-likeness (QED) is 0.637. The Kier molecular flexibility index (Phi) is 4.89.